The van der Waals surface area contributed by atoms with Gasteiger partial charge in [0.15, 0.2) is 17.6 Å². The molecule has 0 spiro atoms. The minimum absolute atomic E-state index is 0.166. The highest BCUT2D eigenvalue weighted by molar-refractivity contribution is 5.95. The monoisotopic (exact) mass is 385 g/mol. The van der Waals surface area contributed by atoms with Gasteiger partial charge in [-0.15, -0.1) is 0 Å². The van der Waals surface area contributed by atoms with Gasteiger partial charge in [-0.05, 0) is 51.5 Å². The van der Waals surface area contributed by atoms with Gasteiger partial charge < -0.3 is 19.5 Å². The number of hydrogen-bond donors (Lipinski definition) is 1. The molecule has 0 saturated carbocycles. The predicted molar refractivity (Wildman–Crippen MR) is 108 cm³/mol. The Morgan fingerprint density at radius 1 is 1.00 bits per heavy atom. The molecule has 6 nitrogen and oxygen atoms in total. The van der Waals surface area contributed by atoms with Crippen molar-refractivity contribution in [3.63, 3.8) is 0 Å². The number of rotatable bonds is 10. The number of carbonyl (C=O) groups is 2. The Hall–Kier alpha value is -3.02. The zero-order chi connectivity index (χ0) is 20.4. The fraction of sp³-hybridized carbons (Fsp3) is 0.364. The Morgan fingerprint density at radius 2 is 1.64 bits per heavy atom. The molecule has 0 radical (unpaired) electrons. The summed E-state index contributed by atoms with van der Waals surface area (Å²) in [6.07, 6.45) is -0.224. The summed E-state index contributed by atoms with van der Waals surface area (Å²) in [6.45, 7) is 6.33. The number of esters is 1. The van der Waals surface area contributed by atoms with E-state index in [4.69, 9.17) is 14.2 Å². The molecule has 0 unspecified atom stereocenters. The summed E-state index contributed by atoms with van der Waals surface area (Å²) >= 11 is 0. The average Bonchev–Trinajstić information content (AvgIpc) is 2.68. The van der Waals surface area contributed by atoms with Crippen LogP contribution in [0.1, 0.15) is 32.3 Å². The van der Waals surface area contributed by atoms with Crippen LogP contribution in [0.3, 0.4) is 0 Å². The summed E-state index contributed by atoms with van der Waals surface area (Å²) in [4.78, 5) is 24.1. The van der Waals surface area contributed by atoms with E-state index in [1.165, 1.54) is 0 Å². The molecule has 0 fully saturated rings. The first-order valence-corrected chi connectivity index (χ1v) is 9.41. The van der Waals surface area contributed by atoms with E-state index in [-0.39, 0.29) is 12.3 Å². The van der Waals surface area contributed by atoms with Crippen LogP contribution >= 0.6 is 0 Å². The summed E-state index contributed by atoms with van der Waals surface area (Å²) in [5.41, 5.74) is 1.77. The highest BCUT2D eigenvalue weighted by Gasteiger charge is 2.17. The molecule has 0 aliphatic carbocycles. The molecule has 0 bridgehead atoms. The van der Waals surface area contributed by atoms with Crippen LogP contribution in [0.5, 0.6) is 11.5 Å². The van der Waals surface area contributed by atoms with Crippen LogP contribution in [0.2, 0.25) is 0 Å². The average molecular weight is 385 g/mol. The van der Waals surface area contributed by atoms with Crippen molar-refractivity contribution in [1.29, 1.82) is 0 Å². The van der Waals surface area contributed by atoms with Crippen LogP contribution in [0.25, 0.3) is 0 Å². The van der Waals surface area contributed by atoms with Gasteiger partial charge in [0.25, 0.3) is 5.91 Å². The smallest absolute Gasteiger partial charge is 0.306 e. The van der Waals surface area contributed by atoms with Gasteiger partial charge in [0.1, 0.15) is 0 Å². The summed E-state index contributed by atoms with van der Waals surface area (Å²) in [5, 5.41) is 2.73. The second kappa shape index (κ2) is 11.0. The van der Waals surface area contributed by atoms with E-state index in [0.29, 0.717) is 36.8 Å². The van der Waals surface area contributed by atoms with Crippen LogP contribution in [0.15, 0.2) is 48.5 Å². The van der Waals surface area contributed by atoms with E-state index in [9.17, 15) is 9.59 Å². The van der Waals surface area contributed by atoms with Crippen molar-refractivity contribution in [2.75, 3.05) is 18.5 Å². The molecule has 1 atom stereocenters. The van der Waals surface area contributed by atoms with E-state index >= 15 is 0 Å². The van der Waals surface area contributed by atoms with Crippen LogP contribution in [-0.4, -0.2) is 31.2 Å². The van der Waals surface area contributed by atoms with Gasteiger partial charge in [-0.2, -0.15) is 0 Å². The molecule has 2 aromatic rings. The lowest BCUT2D eigenvalue weighted by atomic mass is 10.2. The van der Waals surface area contributed by atoms with E-state index in [1.807, 2.05) is 50.2 Å². The van der Waals surface area contributed by atoms with Gasteiger partial charge in [0, 0.05) is 12.1 Å². The molecule has 2 aromatic carbocycles. The SMILES string of the molecule is CCOc1ccccc1OCCCC(=O)O[C@@H](C)C(=O)Nc1ccc(C)cc1. The summed E-state index contributed by atoms with van der Waals surface area (Å²) in [5.74, 6) is 0.518. The van der Waals surface area contributed by atoms with Gasteiger partial charge in [0.05, 0.1) is 13.2 Å². The number of carbonyl (C=O) groups excluding carboxylic acids is 2. The number of anilines is 1. The van der Waals surface area contributed by atoms with E-state index < -0.39 is 12.1 Å². The van der Waals surface area contributed by atoms with Crippen LogP contribution in [-0.2, 0) is 14.3 Å². The van der Waals surface area contributed by atoms with E-state index in [0.717, 1.165) is 5.56 Å². The fourth-order valence-corrected chi connectivity index (χ4v) is 2.43. The standard InChI is InChI=1S/C22H27NO5/c1-4-26-19-8-5-6-9-20(19)27-15-7-10-21(24)28-17(3)22(25)23-18-13-11-16(2)12-14-18/h5-6,8-9,11-14,17H,4,7,10,15H2,1-3H3,(H,23,25)/t17-/m0/s1. The molecule has 150 valence electrons. The Kier molecular flexibility index (Phi) is 8.34. The predicted octanol–water partition coefficient (Wildman–Crippen LogP) is 4.12. The van der Waals surface area contributed by atoms with Crippen molar-refractivity contribution in [3.05, 3.63) is 54.1 Å². The normalized spacial score (nSPS) is 11.4. The number of amides is 1. The molecule has 28 heavy (non-hydrogen) atoms. The number of nitrogens with one attached hydrogen (secondary N) is 1. The third kappa shape index (κ3) is 6.95. The highest BCUT2D eigenvalue weighted by atomic mass is 16.5. The summed E-state index contributed by atoms with van der Waals surface area (Å²) in [7, 11) is 0. The highest BCUT2D eigenvalue weighted by Crippen LogP contribution is 2.26. The third-order valence-electron chi connectivity index (χ3n) is 3.93. The first-order chi connectivity index (χ1) is 13.5. The summed E-state index contributed by atoms with van der Waals surface area (Å²) in [6, 6.07) is 14.8. The molecule has 0 aliphatic heterocycles. The van der Waals surface area contributed by atoms with Crippen molar-refractivity contribution >= 4 is 17.6 Å². The van der Waals surface area contributed by atoms with Gasteiger partial charge in [-0.25, -0.2) is 0 Å². The quantitative estimate of drug-likeness (QED) is 0.492. The second-order valence-corrected chi connectivity index (χ2v) is 6.32. The molecule has 1 N–H and O–H groups in total. The lowest BCUT2D eigenvalue weighted by Crippen LogP contribution is -2.30. The lowest BCUT2D eigenvalue weighted by Gasteiger charge is -2.14. The Morgan fingerprint density at radius 3 is 2.29 bits per heavy atom. The van der Waals surface area contributed by atoms with Crippen LogP contribution in [0.4, 0.5) is 5.69 Å². The van der Waals surface area contributed by atoms with Gasteiger partial charge in [0.2, 0.25) is 0 Å². The number of benzene rings is 2. The van der Waals surface area contributed by atoms with Gasteiger partial charge in [-0.1, -0.05) is 29.8 Å². The van der Waals surface area contributed by atoms with E-state index in [1.54, 1.807) is 19.1 Å². The fourth-order valence-electron chi connectivity index (χ4n) is 2.43. The third-order valence-corrected chi connectivity index (χ3v) is 3.93. The molecule has 0 saturated heterocycles. The summed E-state index contributed by atoms with van der Waals surface area (Å²) < 4.78 is 16.3. The zero-order valence-electron chi connectivity index (χ0n) is 16.6. The number of hydrogen-bond acceptors (Lipinski definition) is 5. The minimum Gasteiger partial charge on any atom is -0.490 e. The lowest BCUT2D eigenvalue weighted by molar-refractivity contribution is -0.153. The Labute approximate surface area is 165 Å². The maximum Gasteiger partial charge on any atom is 0.306 e. The number of aryl methyl sites for hydroxylation is 1. The molecule has 0 heterocycles. The first-order valence-electron chi connectivity index (χ1n) is 9.41. The molecular formula is C22H27NO5. The molecule has 0 aromatic heterocycles. The van der Waals surface area contributed by atoms with Gasteiger partial charge >= 0.3 is 5.97 Å². The zero-order valence-corrected chi connectivity index (χ0v) is 16.6. The van der Waals surface area contributed by atoms with Crippen molar-refractivity contribution < 1.29 is 23.8 Å². The van der Waals surface area contributed by atoms with Crippen molar-refractivity contribution in [3.8, 4) is 11.5 Å². The molecule has 1 amide bonds. The molecular weight excluding hydrogens is 358 g/mol. The topological polar surface area (TPSA) is 73.9 Å². The second-order valence-electron chi connectivity index (χ2n) is 6.32. The maximum atomic E-state index is 12.1. The van der Waals surface area contributed by atoms with Crippen molar-refractivity contribution in [2.24, 2.45) is 0 Å². The number of para-hydroxylation sites is 2. The van der Waals surface area contributed by atoms with Crippen LogP contribution in [0, 0.1) is 6.92 Å². The van der Waals surface area contributed by atoms with Crippen molar-refractivity contribution in [2.45, 2.75) is 39.7 Å². The first kappa shape index (κ1) is 21.3. The van der Waals surface area contributed by atoms with E-state index in [2.05, 4.69) is 5.32 Å². The minimum atomic E-state index is -0.867. The molecule has 6 heteroatoms. The van der Waals surface area contributed by atoms with Crippen LogP contribution < -0.4 is 14.8 Å². The van der Waals surface area contributed by atoms with Crippen molar-refractivity contribution in [1.82, 2.24) is 0 Å². The largest absolute Gasteiger partial charge is 0.490 e. The molecule has 0 aliphatic rings. The Bertz CT molecular complexity index is 773. The molecule has 2 rings (SSSR count). The van der Waals surface area contributed by atoms with Gasteiger partial charge in [-0.3, -0.25) is 9.59 Å². The maximum absolute atomic E-state index is 12.1. The number of ether oxygens (including phenoxy) is 3. The Balaban J connectivity index is 1.70.